The van der Waals surface area contributed by atoms with E-state index < -0.39 is 0 Å². The molecular weight excluding hydrogens is 398 g/mol. The maximum atomic E-state index is 11.2. The van der Waals surface area contributed by atoms with Crippen molar-refractivity contribution in [2.75, 3.05) is 26.3 Å². The van der Waals surface area contributed by atoms with Gasteiger partial charge in [-0.25, -0.2) is 0 Å². The van der Waals surface area contributed by atoms with E-state index in [0.29, 0.717) is 6.04 Å². The fourth-order valence-electron chi connectivity index (χ4n) is 5.86. The lowest BCUT2D eigenvalue weighted by atomic mass is 9.69. The third-order valence-corrected chi connectivity index (χ3v) is 7.96. The number of hydrogen-bond donors (Lipinski definition) is 2. The standard InChI is InChI=1S/C28H45NO3/c1-6-7-8-9-12-28(4,5)21-17-25(30)27(26(31)18-21)24-19-22(10-11-23(24)20(2)3)29-13-15-32-16-14-29/h17-18,22-24,30-31H,2,6-16,19H2,1,3-5H3/t22-,23+,24-/m0/s1. The monoisotopic (exact) mass is 443 g/mol. The van der Waals surface area contributed by atoms with E-state index in [-0.39, 0.29) is 28.7 Å². The third kappa shape index (κ3) is 5.88. The number of rotatable bonds is 9. The van der Waals surface area contributed by atoms with E-state index in [1.807, 2.05) is 12.1 Å². The van der Waals surface area contributed by atoms with Gasteiger partial charge >= 0.3 is 0 Å². The van der Waals surface area contributed by atoms with Crippen molar-refractivity contribution in [2.45, 2.75) is 96.4 Å². The van der Waals surface area contributed by atoms with Crippen molar-refractivity contribution in [3.8, 4) is 11.5 Å². The number of aromatic hydroxyl groups is 2. The van der Waals surface area contributed by atoms with Gasteiger partial charge in [-0.3, -0.25) is 4.90 Å². The normalized spacial score (nSPS) is 25.1. The zero-order valence-corrected chi connectivity index (χ0v) is 20.8. The Kier molecular flexibility index (Phi) is 8.68. The minimum Gasteiger partial charge on any atom is -0.508 e. The molecule has 2 N–H and O–H groups in total. The molecule has 0 spiro atoms. The quantitative estimate of drug-likeness (QED) is 0.337. The van der Waals surface area contributed by atoms with Crippen molar-refractivity contribution in [1.82, 2.24) is 4.90 Å². The lowest BCUT2D eigenvalue weighted by Gasteiger charge is -2.43. The fourth-order valence-corrected chi connectivity index (χ4v) is 5.86. The Morgan fingerprint density at radius 1 is 1.09 bits per heavy atom. The molecule has 180 valence electrons. The molecule has 0 amide bonds. The molecular formula is C28H45NO3. The van der Waals surface area contributed by atoms with Crippen LogP contribution in [0.3, 0.4) is 0 Å². The van der Waals surface area contributed by atoms with Gasteiger partial charge in [0.1, 0.15) is 11.5 Å². The van der Waals surface area contributed by atoms with E-state index in [1.54, 1.807) is 0 Å². The first-order chi connectivity index (χ1) is 15.2. The van der Waals surface area contributed by atoms with E-state index in [2.05, 4.69) is 39.2 Å². The Morgan fingerprint density at radius 2 is 1.75 bits per heavy atom. The second-order valence-corrected chi connectivity index (χ2v) is 10.8. The van der Waals surface area contributed by atoms with Gasteiger partial charge in [0.2, 0.25) is 0 Å². The second kappa shape index (κ2) is 11.1. The summed E-state index contributed by atoms with van der Waals surface area (Å²) >= 11 is 0. The van der Waals surface area contributed by atoms with Gasteiger partial charge in [0.05, 0.1) is 13.2 Å². The summed E-state index contributed by atoms with van der Waals surface area (Å²) in [6, 6.07) is 4.30. The van der Waals surface area contributed by atoms with Crippen LogP contribution in [0.25, 0.3) is 0 Å². The number of phenols is 2. The van der Waals surface area contributed by atoms with Crippen molar-refractivity contribution in [2.24, 2.45) is 5.92 Å². The summed E-state index contributed by atoms with van der Waals surface area (Å²) < 4.78 is 5.55. The molecule has 0 unspecified atom stereocenters. The minimum atomic E-state index is -0.0715. The van der Waals surface area contributed by atoms with E-state index >= 15 is 0 Å². The molecule has 2 fully saturated rings. The van der Waals surface area contributed by atoms with Crippen LogP contribution < -0.4 is 0 Å². The highest BCUT2D eigenvalue weighted by Crippen LogP contribution is 2.49. The summed E-state index contributed by atoms with van der Waals surface area (Å²) in [6.45, 7) is 16.6. The summed E-state index contributed by atoms with van der Waals surface area (Å²) in [5.41, 5.74) is 2.83. The first-order valence-corrected chi connectivity index (χ1v) is 12.8. The lowest BCUT2D eigenvalue weighted by Crippen LogP contribution is -2.46. The van der Waals surface area contributed by atoms with E-state index in [4.69, 9.17) is 4.74 Å². The third-order valence-electron chi connectivity index (χ3n) is 7.96. The molecule has 0 bridgehead atoms. The number of benzene rings is 1. The number of ether oxygens (including phenoxy) is 1. The topological polar surface area (TPSA) is 52.9 Å². The van der Waals surface area contributed by atoms with Gasteiger partial charge in [-0.05, 0) is 67.6 Å². The largest absolute Gasteiger partial charge is 0.508 e. The highest BCUT2D eigenvalue weighted by molar-refractivity contribution is 5.51. The fraction of sp³-hybridized carbons (Fsp3) is 0.714. The molecule has 1 saturated carbocycles. The summed E-state index contributed by atoms with van der Waals surface area (Å²) in [5.74, 6) is 0.883. The number of allylic oxidation sites excluding steroid dienone is 1. The first-order valence-electron chi connectivity index (χ1n) is 12.8. The molecule has 1 aliphatic carbocycles. The number of hydrogen-bond acceptors (Lipinski definition) is 4. The van der Waals surface area contributed by atoms with Crippen LogP contribution >= 0.6 is 0 Å². The Morgan fingerprint density at radius 3 is 2.34 bits per heavy atom. The van der Waals surface area contributed by atoms with Gasteiger partial charge in [-0.15, -0.1) is 0 Å². The molecule has 4 heteroatoms. The van der Waals surface area contributed by atoms with E-state index in [9.17, 15) is 10.2 Å². The van der Waals surface area contributed by atoms with Crippen LogP contribution in [0.2, 0.25) is 0 Å². The molecule has 1 aliphatic heterocycles. The molecule has 1 saturated heterocycles. The van der Waals surface area contributed by atoms with Crippen LogP contribution in [0.4, 0.5) is 0 Å². The van der Waals surface area contributed by atoms with Gasteiger partial charge in [0.15, 0.2) is 0 Å². The minimum absolute atomic E-state index is 0.0715. The Labute approximate surface area is 195 Å². The van der Waals surface area contributed by atoms with Gasteiger partial charge in [-0.1, -0.05) is 58.6 Å². The smallest absolute Gasteiger partial charge is 0.123 e. The van der Waals surface area contributed by atoms with E-state index in [0.717, 1.165) is 68.7 Å². The molecule has 32 heavy (non-hydrogen) atoms. The summed E-state index contributed by atoms with van der Waals surface area (Å²) in [6.07, 6.45) is 9.09. The lowest BCUT2D eigenvalue weighted by molar-refractivity contribution is 0.00323. The maximum absolute atomic E-state index is 11.2. The molecule has 3 rings (SSSR count). The van der Waals surface area contributed by atoms with Crippen LogP contribution in [-0.2, 0) is 10.2 Å². The average molecular weight is 444 g/mol. The van der Waals surface area contributed by atoms with Crippen LogP contribution in [0, 0.1) is 5.92 Å². The van der Waals surface area contributed by atoms with Crippen molar-refractivity contribution in [3.05, 3.63) is 35.4 Å². The van der Waals surface area contributed by atoms with Gasteiger partial charge < -0.3 is 14.9 Å². The number of phenolic OH excluding ortho intramolecular Hbond substituents is 2. The molecule has 0 aromatic heterocycles. The molecule has 2 aliphatic rings. The van der Waals surface area contributed by atoms with Gasteiger partial charge in [-0.2, -0.15) is 0 Å². The summed E-state index contributed by atoms with van der Waals surface area (Å²) in [4.78, 5) is 2.53. The van der Waals surface area contributed by atoms with Gasteiger partial charge in [0, 0.05) is 24.7 Å². The number of nitrogens with zero attached hydrogens (tertiary/aromatic N) is 1. The summed E-state index contributed by atoms with van der Waals surface area (Å²) in [5, 5.41) is 22.3. The molecule has 1 heterocycles. The average Bonchev–Trinajstić information content (AvgIpc) is 2.76. The molecule has 3 atom stereocenters. The number of morpholine rings is 1. The molecule has 1 aromatic rings. The maximum Gasteiger partial charge on any atom is 0.123 e. The van der Waals surface area contributed by atoms with Crippen molar-refractivity contribution >= 4 is 0 Å². The Bertz CT molecular complexity index is 743. The van der Waals surface area contributed by atoms with Crippen molar-refractivity contribution in [1.29, 1.82) is 0 Å². The first kappa shape index (κ1) is 25.1. The molecule has 0 radical (unpaired) electrons. The zero-order valence-electron chi connectivity index (χ0n) is 20.8. The highest BCUT2D eigenvalue weighted by atomic mass is 16.5. The van der Waals surface area contributed by atoms with Crippen molar-refractivity contribution < 1.29 is 14.9 Å². The van der Waals surface area contributed by atoms with Crippen LogP contribution in [-0.4, -0.2) is 47.5 Å². The van der Waals surface area contributed by atoms with Crippen molar-refractivity contribution in [3.63, 3.8) is 0 Å². The summed E-state index contributed by atoms with van der Waals surface area (Å²) in [7, 11) is 0. The predicted molar refractivity (Wildman–Crippen MR) is 133 cm³/mol. The van der Waals surface area contributed by atoms with Crippen LogP contribution in [0.1, 0.15) is 96.1 Å². The number of unbranched alkanes of at least 4 members (excludes halogenated alkanes) is 3. The molecule has 4 nitrogen and oxygen atoms in total. The van der Waals surface area contributed by atoms with Crippen LogP contribution in [0.5, 0.6) is 11.5 Å². The SMILES string of the molecule is C=C(C)[C@H]1CC[C@H](N2CCOCC2)C[C@@H]1c1c(O)cc(C(C)(C)CCCCCC)cc1O. The molecule has 1 aromatic carbocycles. The van der Waals surface area contributed by atoms with Crippen LogP contribution in [0.15, 0.2) is 24.3 Å². The zero-order chi connectivity index (χ0) is 23.3. The second-order valence-electron chi connectivity index (χ2n) is 10.8. The highest BCUT2D eigenvalue weighted by Gasteiger charge is 2.38. The van der Waals surface area contributed by atoms with Gasteiger partial charge in [0.25, 0.3) is 0 Å². The predicted octanol–water partition coefficient (Wildman–Crippen LogP) is 6.51. The van der Waals surface area contributed by atoms with E-state index in [1.165, 1.54) is 25.7 Å². The Balaban J connectivity index is 1.84. The Hall–Kier alpha value is -1.52.